The van der Waals surface area contributed by atoms with E-state index in [4.69, 9.17) is 4.74 Å². The first-order valence-corrected chi connectivity index (χ1v) is 7.90. The average Bonchev–Trinajstić information content (AvgIpc) is 2.68. The van der Waals surface area contributed by atoms with Gasteiger partial charge >= 0.3 is 0 Å². The number of carbonyl (C=O) groups excluding carboxylic acids is 1. The summed E-state index contributed by atoms with van der Waals surface area (Å²) < 4.78 is 5.12. The number of methoxy groups -OCH3 is 1. The molecule has 2 heterocycles. The van der Waals surface area contributed by atoms with Crippen molar-refractivity contribution in [1.29, 1.82) is 0 Å². The maximum atomic E-state index is 12.1. The lowest BCUT2D eigenvalue weighted by molar-refractivity contribution is -0.116. The Labute approximate surface area is 145 Å². The van der Waals surface area contributed by atoms with E-state index in [1.807, 2.05) is 36.4 Å². The fourth-order valence-corrected chi connectivity index (χ4v) is 2.31. The van der Waals surface area contributed by atoms with Crippen LogP contribution in [0.15, 0.2) is 61.2 Å². The summed E-state index contributed by atoms with van der Waals surface area (Å²) in [5.74, 6) is 1.30. The quantitative estimate of drug-likeness (QED) is 0.749. The molecule has 0 atom stereocenters. The van der Waals surface area contributed by atoms with Crippen LogP contribution in [0.5, 0.6) is 5.75 Å². The number of anilines is 1. The maximum absolute atomic E-state index is 12.1. The largest absolute Gasteiger partial charge is 0.497 e. The standard InChI is InChI=1S/C19H18N4O2/c1-25-17-7-4-14(5-8-17)6-9-18(24)23-16-12-21-19(22-13-16)15-3-2-10-20-11-15/h2-5,7-8,10-13H,6,9H2,1H3,(H,23,24). The van der Waals surface area contributed by atoms with Crippen LogP contribution in [-0.4, -0.2) is 28.0 Å². The van der Waals surface area contributed by atoms with Crippen LogP contribution in [0.1, 0.15) is 12.0 Å². The van der Waals surface area contributed by atoms with E-state index in [0.29, 0.717) is 24.4 Å². The molecule has 0 aliphatic heterocycles. The number of hydrogen-bond donors (Lipinski definition) is 1. The number of benzene rings is 1. The van der Waals surface area contributed by atoms with E-state index in [9.17, 15) is 4.79 Å². The normalized spacial score (nSPS) is 10.3. The minimum absolute atomic E-state index is 0.0754. The van der Waals surface area contributed by atoms with Crippen LogP contribution in [0.25, 0.3) is 11.4 Å². The van der Waals surface area contributed by atoms with Gasteiger partial charge < -0.3 is 10.1 Å². The van der Waals surface area contributed by atoms with Crippen molar-refractivity contribution in [2.45, 2.75) is 12.8 Å². The molecule has 1 aromatic carbocycles. The van der Waals surface area contributed by atoms with Crippen LogP contribution >= 0.6 is 0 Å². The minimum atomic E-state index is -0.0754. The van der Waals surface area contributed by atoms with Gasteiger partial charge in [0.05, 0.1) is 25.2 Å². The van der Waals surface area contributed by atoms with Crippen molar-refractivity contribution < 1.29 is 9.53 Å². The van der Waals surface area contributed by atoms with Crippen molar-refractivity contribution >= 4 is 11.6 Å². The van der Waals surface area contributed by atoms with Gasteiger partial charge in [-0.3, -0.25) is 9.78 Å². The Hall–Kier alpha value is -3.28. The van der Waals surface area contributed by atoms with Gasteiger partial charge in [0.25, 0.3) is 0 Å². The highest BCUT2D eigenvalue weighted by Gasteiger charge is 2.06. The fraction of sp³-hybridized carbons (Fsp3) is 0.158. The van der Waals surface area contributed by atoms with Crippen molar-refractivity contribution in [3.63, 3.8) is 0 Å². The Morgan fingerprint density at radius 1 is 1.08 bits per heavy atom. The van der Waals surface area contributed by atoms with Crippen molar-refractivity contribution in [2.75, 3.05) is 12.4 Å². The number of nitrogens with zero attached hydrogens (tertiary/aromatic N) is 3. The molecule has 2 aromatic heterocycles. The SMILES string of the molecule is COc1ccc(CCC(=O)Nc2cnc(-c3cccnc3)nc2)cc1. The Bertz CT molecular complexity index is 818. The molecular formula is C19H18N4O2. The molecule has 6 heteroatoms. The van der Waals surface area contributed by atoms with Gasteiger partial charge in [-0.2, -0.15) is 0 Å². The molecule has 6 nitrogen and oxygen atoms in total. The smallest absolute Gasteiger partial charge is 0.224 e. The number of aryl methyl sites for hydroxylation is 1. The van der Waals surface area contributed by atoms with E-state index in [0.717, 1.165) is 16.9 Å². The monoisotopic (exact) mass is 334 g/mol. The molecule has 1 amide bonds. The van der Waals surface area contributed by atoms with E-state index in [2.05, 4.69) is 20.3 Å². The number of nitrogens with one attached hydrogen (secondary N) is 1. The summed E-state index contributed by atoms with van der Waals surface area (Å²) in [4.78, 5) is 24.6. The molecule has 0 fully saturated rings. The molecule has 0 aliphatic carbocycles. The van der Waals surface area contributed by atoms with Gasteiger partial charge in [0.2, 0.25) is 5.91 Å². The Morgan fingerprint density at radius 3 is 2.48 bits per heavy atom. The molecular weight excluding hydrogens is 316 g/mol. The summed E-state index contributed by atoms with van der Waals surface area (Å²) in [6, 6.07) is 11.4. The summed E-state index contributed by atoms with van der Waals surface area (Å²) in [6.45, 7) is 0. The first-order chi connectivity index (χ1) is 12.2. The van der Waals surface area contributed by atoms with Crippen LogP contribution < -0.4 is 10.1 Å². The summed E-state index contributed by atoms with van der Waals surface area (Å²) >= 11 is 0. The molecule has 1 N–H and O–H groups in total. The van der Waals surface area contributed by atoms with Gasteiger partial charge in [0, 0.05) is 24.4 Å². The zero-order valence-corrected chi connectivity index (χ0v) is 13.8. The second-order valence-corrected chi connectivity index (χ2v) is 5.43. The number of ether oxygens (including phenoxy) is 1. The van der Waals surface area contributed by atoms with Gasteiger partial charge in [-0.05, 0) is 36.2 Å². The van der Waals surface area contributed by atoms with Crippen LogP contribution in [0, 0.1) is 0 Å². The molecule has 0 saturated carbocycles. The third-order valence-corrected chi connectivity index (χ3v) is 3.66. The summed E-state index contributed by atoms with van der Waals surface area (Å²) in [7, 11) is 1.63. The Morgan fingerprint density at radius 2 is 1.84 bits per heavy atom. The second kappa shape index (κ2) is 8.01. The molecule has 0 radical (unpaired) electrons. The number of amides is 1. The number of aromatic nitrogens is 3. The Kier molecular flexibility index (Phi) is 5.31. The third-order valence-electron chi connectivity index (χ3n) is 3.66. The van der Waals surface area contributed by atoms with Gasteiger partial charge in [-0.1, -0.05) is 12.1 Å². The zero-order valence-electron chi connectivity index (χ0n) is 13.8. The lowest BCUT2D eigenvalue weighted by Gasteiger charge is -2.06. The van der Waals surface area contributed by atoms with E-state index >= 15 is 0 Å². The highest BCUT2D eigenvalue weighted by atomic mass is 16.5. The summed E-state index contributed by atoms with van der Waals surface area (Å²) in [5.41, 5.74) is 2.49. The maximum Gasteiger partial charge on any atom is 0.224 e. The van der Waals surface area contributed by atoms with E-state index in [1.165, 1.54) is 0 Å². The lowest BCUT2D eigenvalue weighted by Crippen LogP contribution is -2.12. The number of pyridine rings is 1. The molecule has 0 aliphatic rings. The van der Waals surface area contributed by atoms with Crippen LogP contribution in [0.4, 0.5) is 5.69 Å². The summed E-state index contributed by atoms with van der Waals surface area (Å²) in [5, 5.41) is 2.81. The molecule has 25 heavy (non-hydrogen) atoms. The lowest BCUT2D eigenvalue weighted by atomic mass is 10.1. The van der Waals surface area contributed by atoms with Gasteiger partial charge in [0.1, 0.15) is 5.75 Å². The van der Waals surface area contributed by atoms with Crippen LogP contribution in [0.3, 0.4) is 0 Å². The number of hydrogen-bond acceptors (Lipinski definition) is 5. The van der Waals surface area contributed by atoms with Crippen molar-refractivity contribution in [2.24, 2.45) is 0 Å². The predicted molar refractivity (Wildman–Crippen MR) is 95.2 cm³/mol. The van der Waals surface area contributed by atoms with E-state index in [-0.39, 0.29) is 5.91 Å². The molecule has 0 saturated heterocycles. The number of carbonyl (C=O) groups is 1. The van der Waals surface area contributed by atoms with Crippen molar-refractivity contribution in [3.8, 4) is 17.1 Å². The third kappa shape index (κ3) is 4.60. The molecule has 126 valence electrons. The highest BCUT2D eigenvalue weighted by Crippen LogP contribution is 2.15. The van der Waals surface area contributed by atoms with Gasteiger partial charge in [-0.15, -0.1) is 0 Å². The predicted octanol–water partition coefficient (Wildman–Crippen LogP) is 3.12. The highest BCUT2D eigenvalue weighted by molar-refractivity contribution is 5.90. The van der Waals surface area contributed by atoms with E-state index < -0.39 is 0 Å². The molecule has 0 bridgehead atoms. The van der Waals surface area contributed by atoms with Crippen molar-refractivity contribution in [3.05, 3.63) is 66.7 Å². The Balaban J connectivity index is 1.54. The molecule has 0 unspecified atom stereocenters. The van der Waals surface area contributed by atoms with Gasteiger partial charge in [-0.25, -0.2) is 9.97 Å². The molecule has 3 rings (SSSR count). The average molecular weight is 334 g/mol. The first-order valence-electron chi connectivity index (χ1n) is 7.90. The second-order valence-electron chi connectivity index (χ2n) is 5.43. The minimum Gasteiger partial charge on any atom is -0.497 e. The first kappa shape index (κ1) is 16.6. The fourth-order valence-electron chi connectivity index (χ4n) is 2.31. The molecule has 3 aromatic rings. The zero-order chi connectivity index (χ0) is 17.5. The number of rotatable bonds is 6. The van der Waals surface area contributed by atoms with Crippen molar-refractivity contribution in [1.82, 2.24) is 15.0 Å². The summed E-state index contributed by atoms with van der Waals surface area (Å²) in [6.07, 6.45) is 7.63. The van der Waals surface area contributed by atoms with Gasteiger partial charge in [0.15, 0.2) is 5.82 Å². The van der Waals surface area contributed by atoms with Crippen LogP contribution in [0.2, 0.25) is 0 Å². The molecule has 0 spiro atoms. The van der Waals surface area contributed by atoms with Crippen LogP contribution in [-0.2, 0) is 11.2 Å². The van der Waals surface area contributed by atoms with E-state index in [1.54, 1.807) is 31.9 Å². The topological polar surface area (TPSA) is 77.0 Å².